The molecule has 5 heavy (non-hydrogen) atoms. The maximum Gasteiger partial charge on any atom is 0.117 e. The van der Waals surface area contributed by atoms with Crippen molar-refractivity contribution in [2.45, 2.75) is 18.6 Å². The predicted octanol–water partition coefficient (Wildman–Crippen LogP) is 0.0555. The number of nitrogens with two attached hydrogens (primary N) is 1. The maximum atomic E-state index is 11.4. The number of alkyl halides is 1. The molecule has 0 aromatic rings. The molecule has 0 bridgehead atoms. The van der Waals surface area contributed by atoms with Crippen LogP contribution in [0.15, 0.2) is 0 Å². The monoisotopic (exact) mass is 75.0 g/mol. The van der Waals surface area contributed by atoms with E-state index < -0.39 is 6.17 Å². The van der Waals surface area contributed by atoms with Gasteiger partial charge in [-0.2, -0.15) is 0 Å². The molecule has 1 aliphatic rings. The van der Waals surface area contributed by atoms with Gasteiger partial charge in [0.15, 0.2) is 0 Å². The summed E-state index contributed by atoms with van der Waals surface area (Å²) in [7, 11) is 0. The van der Waals surface area contributed by atoms with Gasteiger partial charge in [-0.1, -0.05) is 0 Å². The van der Waals surface area contributed by atoms with Crippen molar-refractivity contribution in [2.24, 2.45) is 5.73 Å². The average molecular weight is 75.1 g/mol. The second kappa shape index (κ2) is 0.684. The smallest absolute Gasteiger partial charge is 0.117 e. The lowest BCUT2D eigenvalue weighted by Gasteiger charge is -1.66. The molecule has 0 heterocycles. The van der Waals surface area contributed by atoms with Crippen LogP contribution in [0.5, 0.6) is 0 Å². The third-order valence-electron chi connectivity index (χ3n) is 0.759. The van der Waals surface area contributed by atoms with Gasteiger partial charge < -0.3 is 5.73 Å². The largest absolute Gasteiger partial charge is 0.325 e. The summed E-state index contributed by atoms with van der Waals surface area (Å²) in [6.07, 6.45) is -0.0880. The third kappa shape index (κ3) is 0.401. The molecule has 1 nitrogen and oxygen atoms in total. The highest BCUT2D eigenvalue weighted by Crippen LogP contribution is 2.21. The van der Waals surface area contributed by atoms with Crippen LogP contribution in [0, 0.1) is 0 Å². The molecule has 0 amide bonds. The third-order valence-corrected chi connectivity index (χ3v) is 0.759. The lowest BCUT2D eigenvalue weighted by atomic mass is 10.8. The zero-order valence-corrected chi connectivity index (χ0v) is 2.82. The van der Waals surface area contributed by atoms with Crippen molar-refractivity contribution in [1.82, 2.24) is 0 Å². The summed E-state index contributed by atoms with van der Waals surface area (Å²) in [6.45, 7) is 0. The Bertz CT molecular complexity index is 40.2. The minimum atomic E-state index is -0.671. The molecular weight excluding hydrogens is 69.0 g/mol. The highest BCUT2D eigenvalue weighted by atomic mass is 19.1. The second-order valence-corrected chi connectivity index (χ2v) is 1.42. The van der Waals surface area contributed by atoms with Crippen LogP contribution in [-0.2, 0) is 0 Å². The lowest BCUT2D eigenvalue weighted by Crippen LogP contribution is -2.00. The summed E-state index contributed by atoms with van der Waals surface area (Å²) in [4.78, 5) is 0. The van der Waals surface area contributed by atoms with E-state index in [1.54, 1.807) is 0 Å². The predicted molar refractivity (Wildman–Crippen MR) is 17.5 cm³/mol. The van der Waals surface area contributed by atoms with Gasteiger partial charge in [0.05, 0.1) is 0 Å². The SMILES string of the molecule is N[C@H]1C[C@H]1F. The first-order valence-electron chi connectivity index (χ1n) is 1.70. The van der Waals surface area contributed by atoms with Gasteiger partial charge in [-0.15, -0.1) is 0 Å². The first-order valence-corrected chi connectivity index (χ1v) is 1.70. The van der Waals surface area contributed by atoms with Crippen molar-refractivity contribution in [2.75, 3.05) is 0 Å². The Hall–Kier alpha value is -0.110. The molecule has 0 aromatic heterocycles. The van der Waals surface area contributed by atoms with Gasteiger partial charge in [0, 0.05) is 6.04 Å². The van der Waals surface area contributed by atoms with Gasteiger partial charge in [0.25, 0.3) is 0 Å². The average Bonchev–Trinajstić information content (AvgIpc) is 1.79. The van der Waals surface area contributed by atoms with Gasteiger partial charge in [0.1, 0.15) is 6.17 Å². The Morgan fingerprint density at radius 1 is 1.80 bits per heavy atom. The molecule has 1 saturated carbocycles. The van der Waals surface area contributed by atoms with E-state index >= 15 is 0 Å². The van der Waals surface area contributed by atoms with Gasteiger partial charge in [-0.05, 0) is 6.42 Å². The molecule has 0 aromatic carbocycles. The number of hydrogen-bond donors (Lipinski definition) is 1. The van der Waals surface area contributed by atoms with Crippen molar-refractivity contribution in [3.63, 3.8) is 0 Å². The van der Waals surface area contributed by atoms with E-state index in [0.29, 0.717) is 6.42 Å². The van der Waals surface area contributed by atoms with Crippen LogP contribution in [0.25, 0.3) is 0 Å². The molecule has 30 valence electrons. The molecule has 2 N–H and O–H groups in total. The maximum absolute atomic E-state index is 11.4. The van der Waals surface area contributed by atoms with Crippen LogP contribution in [0.2, 0.25) is 0 Å². The lowest BCUT2D eigenvalue weighted by molar-refractivity contribution is 0.467. The summed E-state index contributed by atoms with van der Waals surface area (Å²) in [6, 6.07) is -0.116. The fourth-order valence-electron chi connectivity index (χ4n) is 0.181. The first-order chi connectivity index (χ1) is 2.30. The van der Waals surface area contributed by atoms with Gasteiger partial charge >= 0.3 is 0 Å². The molecule has 0 saturated heterocycles. The topological polar surface area (TPSA) is 26.0 Å². The molecule has 1 fully saturated rings. The molecule has 0 spiro atoms. The Morgan fingerprint density at radius 2 is 2.00 bits per heavy atom. The fraction of sp³-hybridized carbons (Fsp3) is 1.00. The number of rotatable bonds is 0. The zero-order valence-electron chi connectivity index (χ0n) is 2.82. The van der Waals surface area contributed by atoms with E-state index in [1.165, 1.54) is 0 Å². The van der Waals surface area contributed by atoms with E-state index in [-0.39, 0.29) is 6.04 Å². The molecule has 0 radical (unpaired) electrons. The van der Waals surface area contributed by atoms with Crippen molar-refractivity contribution in [3.05, 3.63) is 0 Å². The molecule has 0 aliphatic heterocycles. The summed E-state index contributed by atoms with van der Waals surface area (Å²) < 4.78 is 11.4. The van der Waals surface area contributed by atoms with Crippen molar-refractivity contribution in [1.29, 1.82) is 0 Å². The van der Waals surface area contributed by atoms with E-state index in [1.807, 2.05) is 0 Å². The summed E-state index contributed by atoms with van der Waals surface area (Å²) in [5, 5.41) is 0. The highest BCUT2D eigenvalue weighted by Gasteiger charge is 2.32. The van der Waals surface area contributed by atoms with Crippen molar-refractivity contribution < 1.29 is 4.39 Å². The Morgan fingerprint density at radius 3 is 2.00 bits per heavy atom. The molecule has 1 aliphatic carbocycles. The van der Waals surface area contributed by atoms with Crippen LogP contribution >= 0.6 is 0 Å². The minimum Gasteiger partial charge on any atom is -0.325 e. The van der Waals surface area contributed by atoms with Crippen LogP contribution in [0.3, 0.4) is 0 Å². The molecule has 2 atom stereocenters. The molecular formula is C3H6FN. The van der Waals surface area contributed by atoms with Gasteiger partial charge in [-0.3, -0.25) is 0 Å². The van der Waals surface area contributed by atoms with Gasteiger partial charge in [0.2, 0.25) is 0 Å². The summed E-state index contributed by atoms with van der Waals surface area (Å²) in [5.74, 6) is 0. The van der Waals surface area contributed by atoms with Crippen LogP contribution in [-0.4, -0.2) is 12.2 Å². The normalized spacial score (nSPS) is 49.2. The van der Waals surface area contributed by atoms with Crippen LogP contribution in [0.1, 0.15) is 6.42 Å². The van der Waals surface area contributed by atoms with E-state index in [4.69, 9.17) is 5.73 Å². The van der Waals surface area contributed by atoms with E-state index in [0.717, 1.165) is 0 Å². The Balaban J connectivity index is 2.20. The van der Waals surface area contributed by atoms with Crippen molar-refractivity contribution in [3.8, 4) is 0 Å². The van der Waals surface area contributed by atoms with Gasteiger partial charge in [-0.25, -0.2) is 4.39 Å². The first kappa shape index (κ1) is 3.09. The molecule has 0 unspecified atom stereocenters. The van der Waals surface area contributed by atoms with E-state index in [2.05, 4.69) is 0 Å². The fourth-order valence-corrected chi connectivity index (χ4v) is 0.181. The van der Waals surface area contributed by atoms with E-state index in [9.17, 15) is 4.39 Å². The number of halogens is 1. The van der Waals surface area contributed by atoms with Crippen molar-refractivity contribution >= 4 is 0 Å². The Labute approximate surface area is 30.0 Å². The summed E-state index contributed by atoms with van der Waals surface area (Å²) >= 11 is 0. The quantitative estimate of drug-likeness (QED) is 0.432. The zero-order chi connectivity index (χ0) is 3.86. The Kier molecular flexibility index (Phi) is 0.424. The minimum absolute atomic E-state index is 0.116. The summed E-state index contributed by atoms with van der Waals surface area (Å²) in [5.41, 5.74) is 4.99. The highest BCUT2D eigenvalue weighted by molar-refractivity contribution is 4.89. The molecule has 2 heteroatoms. The van der Waals surface area contributed by atoms with Crippen LogP contribution in [0.4, 0.5) is 4.39 Å². The number of hydrogen-bond acceptors (Lipinski definition) is 1. The second-order valence-electron chi connectivity index (χ2n) is 1.42. The van der Waals surface area contributed by atoms with Crippen LogP contribution < -0.4 is 5.73 Å². The standard InChI is InChI=1S/C3H6FN/c4-2-1-3(2)5/h2-3H,1,5H2/t2-,3+/m1/s1. The molecule has 1 rings (SSSR count).